The molecule has 0 fully saturated rings. The average molecular weight is 1600 g/mol. The predicted molar refractivity (Wildman–Crippen MR) is 491 cm³/mol. The van der Waals surface area contributed by atoms with Crippen LogP contribution in [0.25, 0.3) is 0 Å². The molecule has 0 unspecified atom stereocenters. The maximum Gasteiger partial charge on any atom is 0.116 e. The number of unbranched alkanes of at least 4 members (excludes halogenated alkanes) is 85. The van der Waals surface area contributed by atoms with E-state index in [1.54, 1.807) is 0 Å². The molecule has 0 spiro atoms. The summed E-state index contributed by atoms with van der Waals surface area (Å²) in [5.41, 5.74) is 0. The van der Waals surface area contributed by atoms with Crippen molar-refractivity contribution in [1.29, 1.82) is 0 Å². The van der Waals surface area contributed by atoms with Crippen molar-refractivity contribution in [3.05, 3.63) is 0 Å². The minimum Gasteiger partial charge on any atom is -0.336 e. The smallest absolute Gasteiger partial charge is 0.116 e. The molecule has 105 heavy (non-hydrogen) atoms. The molecule has 0 rings (SSSR count). The zero-order valence-corrected chi connectivity index (χ0v) is 78.1. The van der Waals surface area contributed by atoms with Gasteiger partial charge in [0, 0.05) is 21.1 Å². The van der Waals surface area contributed by atoms with Gasteiger partial charge in [0.2, 0.25) is 0 Å². The van der Waals surface area contributed by atoms with Gasteiger partial charge in [-0.15, -0.1) is 12.6 Å². The molecular weight excluding hydrogens is 1390 g/mol. The second kappa shape index (κ2) is 94.1. The summed E-state index contributed by atoms with van der Waals surface area (Å²) >= 11 is 5.93. The second-order valence-electron chi connectivity index (χ2n) is 35.8. The monoisotopic (exact) mass is 1600 g/mol. The number of hydrogen-bond donors (Lipinski definition) is 1. The number of rotatable bonds is 95. The second-order valence-corrected chi connectivity index (χ2v) is 42.1. The molecule has 0 heterocycles. The molecule has 0 bridgehead atoms. The zero-order valence-electron chi connectivity index (χ0n) is 74.3. The fraction of sp³-hybridized carbons (Fsp3) is 0.990. The molecule has 0 aromatic carbocycles. The Balaban J connectivity index is 0. The summed E-state index contributed by atoms with van der Waals surface area (Å²) in [6.45, 7) is 12.6. The van der Waals surface area contributed by atoms with Crippen LogP contribution in [-0.4, -0.2) is 34.0 Å². The Hall–Kier alpha value is 1.22. The van der Waals surface area contributed by atoms with E-state index in [-0.39, 0.29) is 21.1 Å². The standard InChI is InChI=1S/C101H206OS2.Mo/c1-6-11-16-21-26-31-36-41-46-51-56-61-66-71-76-81-86-91-96-102-101(103)104(97-92-87-82-77-72-67-62-57-52-47-42-37-32-27-22-17-12-7-2,98-93-88-83-78-73-68-63-58-53-48-43-38-33-28-23-18-13-8-3,99-94-89-84-79-74-69-64-59-54-49-44-39-34-29-24-19-14-9-4)100-95-90-85-80-75-70-65-60-55-50-45-40-35-30-25-20-15-10-5;/h103H,6-100H2,1-5H3;. The van der Waals surface area contributed by atoms with Gasteiger partial charge in [-0.2, -0.15) is 0 Å². The van der Waals surface area contributed by atoms with E-state index in [4.69, 9.17) is 17.4 Å². The van der Waals surface area contributed by atoms with Crippen LogP contribution in [0.3, 0.4) is 0 Å². The Morgan fingerprint density at radius 3 is 0.362 bits per heavy atom. The molecule has 0 atom stereocenters. The van der Waals surface area contributed by atoms with Gasteiger partial charge >= 0.3 is 0 Å². The summed E-state index contributed by atoms with van der Waals surface area (Å²) in [6, 6.07) is 0. The Morgan fingerprint density at radius 1 is 0.152 bits per heavy atom. The minimum absolute atomic E-state index is 0. The Kier molecular flexibility index (Phi) is 97.0. The Morgan fingerprint density at radius 2 is 0.248 bits per heavy atom. The molecule has 634 valence electrons. The predicted octanol–water partition coefficient (Wildman–Crippen LogP) is 38.6. The molecule has 0 aliphatic rings. The van der Waals surface area contributed by atoms with Gasteiger partial charge < -0.3 is 4.74 Å². The first kappa shape index (κ1) is 108. The van der Waals surface area contributed by atoms with Gasteiger partial charge in [-0.05, 0) is 55.1 Å². The van der Waals surface area contributed by atoms with Gasteiger partial charge in [-0.3, -0.25) is 0 Å². The Labute approximate surface area is 688 Å². The van der Waals surface area contributed by atoms with Gasteiger partial charge in [0.25, 0.3) is 0 Å². The minimum atomic E-state index is -2.11. The first-order valence-electron chi connectivity index (χ1n) is 50.6. The van der Waals surface area contributed by atoms with Crippen molar-refractivity contribution in [2.45, 2.75) is 612 Å². The number of hydrogen-bond acceptors (Lipinski definition) is 1. The van der Waals surface area contributed by atoms with Crippen molar-refractivity contribution >= 4 is 25.8 Å². The zero-order chi connectivity index (χ0) is 74.9. The van der Waals surface area contributed by atoms with Gasteiger partial charge in [0.1, 0.15) is 4.38 Å². The van der Waals surface area contributed by atoms with Crippen molar-refractivity contribution in [3.8, 4) is 0 Å². The average Bonchev–Trinajstić information content (AvgIpc) is 0.749. The van der Waals surface area contributed by atoms with E-state index in [9.17, 15) is 0 Å². The van der Waals surface area contributed by atoms with E-state index in [1.165, 1.54) is 605 Å². The van der Waals surface area contributed by atoms with Crippen LogP contribution in [0.15, 0.2) is 0 Å². The van der Waals surface area contributed by atoms with Crippen LogP contribution in [0, 0.1) is 0 Å². The van der Waals surface area contributed by atoms with E-state index < -0.39 is 8.75 Å². The van der Waals surface area contributed by atoms with Crippen molar-refractivity contribution in [1.82, 2.24) is 0 Å². The molecule has 0 aliphatic carbocycles. The van der Waals surface area contributed by atoms with E-state index >= 15 is 0 Å². The van der Waals surface area contributed by atoms with Gasteiger partial charge in [0.15, 0.2) is 0 Å². The van der Waals surface area contributed by atoms with E-state index in [0.29, 0.717) is 0 Å². The Bertz CT molecular complexity index is 1430. The van der Waals surface area contributed by atoms with Crippen molar-refractivity contribution in [2.24, 2.45) is 0 Å². The fourth-order valence-electron chi connectivity index (χ4n) is 17.8. The largest absolute Gasteiger partial charge is 0.336 e. The molecule has 0 aromatic heterocycles. The third-order valence-electron chi connectivity index (χ3n) is 25.3. The maximum atomic E-state index is 7.42. The summed E-state index contributed by atoms with van der Waals surface area (Å²) in [7, 11) is -2.11. The summed E-state index contributed by atoms with van der Waals surface area (Å²) in [5, 5.41) is 0. The SMILES string of the molecule is CCCCCCCCCCCCCCCCCCCCOC(S)=S(CCCCCCCCCCCCCCCCCCCC)(CCCCCCCCCCCCCCCCCCCC)(CCCCCCCCCCCCCCCCCCCC)CCCCCCCCCCCCCCCCCCCC.[Mo]. The molecule has 4 heteroatoms. The normalized spacial score (nSPS) is 12.3. The molecule has 0 aromatic rings. The van der Waals surface area contributed by atoms with Crippen LogP contribution >= 0.6 is 21.4 Å². The van der Waals surface area contributed by atoms with Gasteiger partial charge in [-0.25, -0.2) is 8.75 Å². The molecule has 0 aliphatic heterocycles. The molecular formula is C101H206MoOS2. The summed E-state index contributed by atoms with van der Waals surface area (Å²) in [4.78, 5) is 0. The summed E-state index contributed by atoms with van der Waals surface area (Å²) in [6.07, 6.45) is 131. The first-order valence-corrected chi connectivity index (χ1v) is 53.8. The fourth-order valence-corrected chi connectivity index (χ4v) is 25.2. The van der Waals surface area contributed by atoms with Crippen LogP contribution in [0.5, 0.6) is 0 Å². The van der Waals surface area contributed by atoms with E-state index in [0.717, 1.165) is 6.61 Å². The van der Waals surface area contributed by atoms with E-state index in [2.05, 4.69) is 34.6 Å². The van der Waals surface area contributed by atoms with Crippen LogP contribution in [0.1, 0.15) is 612 Å². The number of ether oxygens (including phenoxy) is 1. The molecule has 0 saturated carbocycles. The molecule has 0 radical (unpaired) electrons. The van der Waals surface area contributed by atoms with Crippen LogP contribution < -0.4 is 0 Å². The molecule has 0 amide bonds. The quantitative estimate of drug-likeness (QED) is 0.0276. The molecule has 0 saturated heterocycles. The first-order chi connectivity index (χ1) is 51.5. The topological polar surface area (TPSA) is 9.23 Å². The van der Waals surface area contributed by atoms with Gasteiger partial charge in [-0.1, -0.05) is 580 Å². The third kappa shape index (κ3) is 80.2. The van der Waals surface area contributed by atoms with Crippen molar-refractivity contribution < 1.29 is 25.8 Å². The third-order valence-corrected chi connectivity index (χ3v) is 33.6. The summed E-state index contributed by atoms with van der Waals surface area (Å²) < 4.78 is 8.76. The van der Waals surface area contributed by atoms with E-state index in [1.807, 2.05) is 0 Å². The van der Waals surface area contributed by atoms with Gasteiger partial charge in [0.05, 0.1) is 6.61 Å². The maximum absolute atomic E-state index is 7.42. The van der Waals surface area contributed by atoms with Crippen molar-refractivity contribution in [3.63, 3.8) is 0 Å². The van der Waals surface area contributed by atoms with Crippen molar-refractivity contribution in [2.75, 3.05) is 29.6 Å². The molecule has 0 N–H and O–H groups in total. The van der Waals surface area contributed by atoms with Crippen LogP contribution in [0.2, 0.25) is 0 Å². The summed E-state index contributed by atoms with van der Waals surface area (Å²) in [5.74, 6) is 5.74. The van der Waals surface area contributed by atoms with Crippen LogP contribution in [0.4, 0.5) is 0 Å². The number of thiol groups is 1. The van der Waals surface area contributed by atoms with Crippen LogP contribution in [-0.2, 0) is 25.8 Å². The molecule has 1 nitrogen and oxygen atoms in total.